The van der Waals surface area contributed by atoms with E-state index in [1.165, 1.54) is 16.7 Å². The number of hydrogen-bond acceptors (Lipinski definition) is 4. The number of hydrogen-bond donors (Lipinski definition) is 1. The number of anilines is 2. The number of nitriles is 1. The number of amides is 2. The van der Waals surface area contributed by atoms with E-state index < -0.39 is 11.2 Å². The number of nitrogens with one attached hydrogen (secondary N) is 1. The monoisotopic (exact) mass is 473 g/mol. The second-order valence-electron chi connectivity index (χ2n) is 7.51. The van der Waals surface area contributed by atoms with Crippen LogP contribution in [0.3, 0.4) is 0 Å². The van der Waals surface area contributed by atoms with Crippen LogP contribution < -0.4 is 10.2 Å². The van der Waals surface area contributed by atoms with E-state index in [0.717, 1.165) is 11.1 Å². The minimum Gasteiger partial charge on any atom is -0.321 e. The highest BCUT2D eigenvalue weighted by Crippen LogP contribution is 2.42. The Morgan fingerprint density at radius 1 is 1.06 bits per heavy atom. The molecule has 0 aliphatic carbocycles. The molecule has 0 aromatic heterocycles. The van der Waals surface area contributed by atoms with Gasteiger partial charge in [0.1, 0.15) is 16.7 Å². The van der Waals surface area contributed by atoms with Gasteiger partial charge in [-0.2, -0.15) is 5.26 Å². The number of carbonyl (C=O) groups excluding carboxylic acids is 2. The van der Waals surface area contributed by atoms with E-state index in [0.29, 0.717) is 27.8 Å². The SMILES string of the molecule is Cc1ccccc1NC(=O)/C(C#N)=C1\S[C@H](Cc2ccc(Cl)cc2)C(=O)N1c1ccccc1. The molecule has 1 saturated heterocycles. The van der Waals surface area contributed by atoms with Crippen LogP contribution in [0.4, 0.5) is 11.4 Å². The number of benzene rings is 3. The second kappa shape index (κ2) is 9.95. The van der Waals surface area contributed by atoms with E-state index in [9.17, 15) is 14.9 Å². The molecule has 1 N–H and O–H groups in total. The van der Waals surface area contributed by atoms with Gasteiger partial charge in [0.25, 0.3) is 5.91 Å². The van der Waals surface area contributed by atoms with Gasteiger partial charge in [0.15, 0.2) is 0 Å². The molecule has 4 rings (SSSR count). The quantitative estimate of drug-likeness (QED) is 0.380. The van der Waals surface area contributed by atoms with Gasteiger partial charge in [-0.1, -0.05) is 71.9 Å². The molecule has 0 saturated carbocycles. The smallest absolute Gasteiger partial charge is 0.269 e. The van der Waals surface area contributed by atoms with Gasteiger partial charge in [0.2, 0.25) is 5.91 Å². The lowest BCUT2D eigenvalue weighted by atomic mass is 10.1. The molecule has 7 heteroatoms. The number of rotatable bonds is 5. The summed E-state index contributed by atoms with van der Waals surface area (Å²) in [5, 5.41) is 13.2. The molecule has 0 spiro atoms. The summed E-state index contributed by atoms with van der Waals surface area (Å²) >= 11 is 7.22. The Morgan fingerprint density at radius 2 is 1.73 bits per heavy atom. The van der Waals surface area contributed by atoms with Crippen molar-refractivity contribution in [1.29, 1.82) is 5.26 Å². The number of halogens is 1. The number of para-hydroxylation sites is 2. The van der Waals surface area contributed by atoms with Crippen LogP contribution in [0.25, 0.3) is 0 Å². The number of thioether (sulfide) groups is 1. The first-order valence-corrected chi connectivity index (χ1v) is 11.5. The second-order valence-corrected chi connectivity index (χ2v) is 9.14. The molecule has 0 unspecified atom stereocenters. The molecule has 2 amide bonds. The minimum atomic E-state index is -0.546. The highest BCUT2D eigenvalue weighted by molar-refractivity contribution is 8.05. The van der Waals surface area contributed by atoms with Gasteiger partial charge in [0.05, 0.1) is 5.25 Å². The third kappa shape index (κ3) is 4.95. The Hall–Kier alpha value is -3.53. The van der Waals surface area contributed by atoms with Crippen molar-refractivity contribution in [2.75, 3.05) is 10.2 Å². The van der Waals surface area contributed by atoms with Gasteiger partial charge in [0, 0.05) is 16.4 Å². The van der Waals surface area contributed by atoms with E-state index in [-0.39, 0.29) is 11.5 Å². The van der Waals surface area contributed by atoms with E-state index in [2.05, 4.69) is 5.32 Å². The molecule has 1 heterocycles. The molecule has 0 radical (unpaired) electrons. The van der Waals surface area contributed by atoms with Gasteiger partial charge in [-0.3, -0.25) is 14.5 Å². The first-order chi connectivity index (χ1) is 16.0. The summed E-state index contributed by atoms with van der Waals surface area (Å²) in [5.74, 6) is -0.720. The fourth-order valence-electron chi connectivity index (χ4n) is 3.53. The Labute approximate surface area is 201 Å². The zero-order valence-electron chi connectivity index (χ0n) is 17.8. The number of carbonyl (C=O) groups is 2. The van der Waals surface area contributed by atoms with Crippen molar-refractivity contribution < 1.29 is 9.59 Å². The third-order valence-electron chi connectivity index (χ3n) is 5.25. The van der Waals surface area contributed by atoms with Crippen LogP contribution >= 0.6 is 23.4 Å². The summed E-state index contributed by atoms with van der Waals surface area (Å²) in [6, 6.07) is 25.7. The maximum absolute atomic E-state index is 13.4. The van der Waals surface area contributed by atoms with Gasteiger partial charge in [-0.25, -0.2) is 0 Å². The van der Waals surface area contributed by atoms with Gasteiger partial charge in [-0.05, 0) is 54.8 Å². The Kier molecular flexibility index (Phi) is 6.83. The lowest BCUT2D eigenvalue weighted by Gasteiger charge is -2.18. The Bertz CT molecular complexity index is 1270. The van der Waals surface area contributed by atoms with Crippen molar-refractivity contribution in [1.82, 2.24) is 0 Å². The van der Waals surface area contributed by atoms with Crippen molar-refractivity contribution in [2.45, 2.75) is 18.6 Å². The van der Waals surface area contributed by atoms with Crippen LogP contribution in [0.15, 0.2) is 89.5 Å². The van der Waals surface area contributed by atoms with Crippen LogP contribution in [-0.4, -0.2) is 17.1 Å². The van der Waals surface area contributed by atoms with Crippen LogP contribution in [0.2, 0.25) is 5.02 Å². The average molecular weight is 474 g/mol. The third-order valence-corrected chi connectivity index (χ3v) is 6.76. The first-order valence-electron chi connectivity index (χ1n) is 10.3. The Balaban J connectivity index is 1.72. The van der Waals surface area contributed by atoms with E-state index in [1.54, 1.807) is 30.3 Å². The zero-order valence-corrected chi connectivity index (χ0v) is 19.4. The van der Waals surface area contributed by atoms with Gasteiger partial charge < -0.3 is 5.32 Å². The lowest BCUT2D eigenvalue weighted by molar-refractivity contribution is -0.117. The fourth-order valence-corrected chi connectivity index (χ4v) is 4.97. The molecule has 33 heavy (non-hydrogen) atoms. The fraction of sp³-hybridized carbons (Fsp3) is 0.115. The van der Waals surface area contributed by atoms with Gasteiger partial charge >= 0.3 is 0 Å². The average Bonchev–Trinajstić information content (AvgIpc) is 3.13. The first kappa shape index (κ1) is 22.7. The Morgan fingerprint density at radius 3 is 2.39 bits per heavy atom. The number of nitrogens with zero attached hydrogens (tertiary/aromatic N) is 2. The predicted octanol–water partition coefficient (Wildman–Crippen LogP) is 5.71. The summed E-state index contributed by atoms with van der Waals surface area (Å²) in [5.41, 5.74) is 2.96. The summed E-state index contributed by atoms with van der Waals surface area (Å²) in [6.45, 7) is 1.88. The molecular formula is C26H20ClN3O2S. The molecule has 1 aliphatic heterocycles. The standard InChI is InChI=1S/C26H20ClN3O2S/c1-17-7-5-6-10-22(17)29-24(31)21(16-28)26-30(20-8-3-2-4-9-20)25(32)23(33-26)15-18-11-13-19(27)14-12-18/h2-14,23H,15H2,1H3,(H,29,31)/b26-21-/t23-/m1/s1. The molecule has 5 nitrogen and oxygen atoms in total. The molecule has 1 fully saturated rings. The van der Waals surface area contributed by atoms with E-state index in [4.69, 9.17) is 11.6 Å². The van der Waals surface area contributed by atoms with E-state index >= 15 is 0 Å². The van der Waals surface area contributed by atoms with Crippen molar-refractivity contribution in [3.05, 3.63) is 106 Å². The summed E-state index contributed by atoms with van der Waals surface area (Å²) in [7, 11) is 0. The van der Waals surface area contributed by atoms with E-state index in [1.807, 2.05) is 61.5 Å². The number of aryl methyl sites for hydroxylation is 1. The van der Waals surface area contributed by atoms with Crippen molar-refractivity contribution in [2.24, 2.45) is 0 Å². The predicted molar refractivity (Wildman–Crippen MR) is 133 cm³/mol. The highest BCUT2D eigenvalue weighted by Gasteiger charge is 2.40. The normalized spacial score (nSPS) is 16.9. The van der Waals surface area contributed by atoms with Crippen molar-refractivity contribution in [3.8, 4) is 6.07 Å². The summed E-state index contributed by atoms with van der Waals surface area (Å²) < 4.78 is 0. The highest BCUT2D eigenvalue weighted by atomic mass is 35.5. The summed E-state index contributed by atoms with van der Waals surface area (Å²) in [4.78, 5) is 28.0. The molecule has 1 atom stereocenters. The lowest BCUT2D eigenvalue weighted by Crippen LogP contribution is -2.30. The molecular weight excluding hydrogens is 454 g/mol. The van der Waals surface area contributed by atoms with Crippen LogP contribution in [0, 0.1) is 18.3 Å². The van der Waals surface area contributed by atoms with Crippen LogP contribution in [0.1, 0.15) is 11.1 Å². The maximum atomic E-state index is 13.4. The molecule has 164 valence electrons. The molecule has 0 bridgehead atoms. The minimum absolute atomic E-state index is 0.0981. The van der Waals surface area contributed by atoms with Crippen LogP contribution in [-0.2, 0) is 16.0 Å². The zero-order chi connectivity index (χ0) is 23.4. The van der Waals surface area contributed by atoms with Crippen molar-refractivity contribution in [3.63, 3.8) is 0 Å². The molecule has 1 aliphatic rings. The largest absolute Gasteiger partial charge is 0.321 e. The van der Waals surface area contributed by atoms with Crippen LogP contribution in [0.5, 0.6) is 0 Å². The maximum Gasteiger partial charge on any atom is 0.269 e. The van der Waals surface area contributed by atoms with Crippen molar-refractivity contribution >= 4 is 46.6 Å². The molecule has 3 aromatic rings. The van der Waals surface area contributed by atoms with Gasteiger partial charge in [-0.15, -0.1) is 0 Å². The summed E-state index contributed by atoms with van der Waals surface area (Å²) in [6.07, 6.45) is 0.450. The topological polar surface area (TPSA) is 73.2 Å². The molecule has 3 aromatic carbocycles.